The van der Waals surface area contributed by atoms with Crippen molar-refractivity contribution in [3.63, 3.8) is 0 Å². The molecule has 3 atom stereocenters. The standard InChI is InChI=1S/C36H38F2N5O7P/c1-41(26-10-6-3-7-11-26)35(47)31-16-14-27-18-19-42(32(44)17-12-23-8-4-2-5-9-23)22-30(34(46)43(27)31)40-33(45)29-21-24-20-25(13-15-28(24)39-29)36(37,38)51(48,49)50/h2-11,13,15,20-21,27,30-31,39H,12,14,16-19,22H2,1H3,(H,40,45)(H2,48,49,50)/t27-,30?,31+/m1/s1. The van der Waals surface area contributed by atoms with Crippen molar-refractivity contribution in [1.29, 1.82) is 0 Å². The average Bonchev–Trinajstić information content (AvgIpc) is 3.75. The molecular formula is C36H38F2N5O7P. The number of hydrogen-bond acceptors (Lipinski definition) is 5. The Morgan fingerprint density at radius 2 is 1.67 bits per heavy atom. The number of benzene rings is 3. The molecule has 6 rings (SSSR count). The van der Waals surface area contributed by atoms with Gasteiger partial charge in [0.25, 0.3) is 5.91 Å². The summed E-state index contributed by atoms with van der Waals surface area (Å²) in [5.74, 6) is -1.77. The third-order valence-electron chi connectivity index (χ3n) is 9.66. The summed E-state index contributed by atoms with van der Waals surface area (Å²) in [6.45, 7) is 0.141. The van der Waals surface area contributed by atoms with Crippen LogP contribution in [0.5, 0.6) is 0 Å². The van der Waals surface area contributed by atoms with E-state index in [9.17, 15) is 42.3 Å². The number of halogens is 2. The maximum Gasteiger partial charge on any atom is 0.399 e. The molecule has 0 bridgehead atoms. The van der Waals surface area contributed by atoms with Crippen molar-refractivity contribution in [2.24, 2.45) is 0 Å². The number of anilines is 1. The quantitative estimate of drug-likeness (QED) is 0.187. The predicted molar refractivity (Wildman–Crippen MR) is 185 cm³/mol. The molecule has 1 aromatic heterocycles. The predicted octanol–water partition coefficient (Wildman–Crippen LogP) is 4.38. The van der Waals surface area contributed by atoms with Crippen LogP contribution in [-0.2, 0) is 31.0 Å². The summed E-state index contributed by atoms with van der Waals surface area (Å²) in [6, 6.07) is 20.3. The van der Waals surface area contributed by atoms with Crippen molar-refractivity contribution in [3.05, 3.63) is 102 Å². The number of aromatic amines is 1. The smallest absolute Gasteiger partial charge is 0.351 e. The fourth-order valence-corrected chi connectivity index (χ4v) is 7.33. The number of aryl methyl sites for hydroxylation is 1. The van der Waals surface area contributed by atoms with Crippen molar-refractivity contribution in [2.75, 3.05) is 25.0 Å². The van der Waals surface area contributed by atoms with Crippen molar-refractivity contribution in [3.8, 4) is 0 Å². The van der Waals surface area contributed by atoms with Crippen LogP contribution in [0.25, 0.3) is 10.9 Å². The Kier molecular flexibility index (Phi) is 10.1. The first-order valence-corrected chi connectivity index (χ1v) is 18.2. The van der Waals surface area contributed by atoms with E-state index < -0.39 is 42.7 Å². The lowest BCUT2D eigenvalue weighted by Gasteiger charge is -2.39. The number of carbonyl (C=O) groups is 4. The molecule has 4 amide bonds. The number of hydrogen-bond donors (Lipinski definition) is 4. The lowest BCUT2D eigenvalue weighted by atomic mass is 10.0. The van der Waals surface area contributed by atoms with Crippen LogP contribution in [0.1, 0.15) is 47.3 Å². The number of aromatic nitrogens is 1. The van der Waals surface area contributed by atoms with Gasteiger partial charge in [-0.25, -0.2) is 0 Å². The Balaban J connectivity index is 1.27. The number of para-hydroxylation sites is 1. The number of nitrogens with one attached hydrogen (secondary N) is 2. The molecule has 0 aliphatic carbocycles. The molecule has 2 fully saturated rings. The van der Waals surface area contributed by atoms with Crippen LogP contribution in [0.2, 0.25) is 0 Å². The Bertz CT molecular complexity index is 1990. The van der Waals surface area contributed by atoms with Gasteiger partial charge in [0, 0.05) is 54.8 Å². The molecular weight excluding hydrogens is 683 g/mol. The highest BCUT2D eigenvalue weighted by molar-refractivity contribution is 7.52. The summed E-state index contributed by atoms with van der Waals surface area (Å²) < 4.78 is 40.3. The molecule has 268 valence electrons. The van der Waals surface area contributed by atoms with Crippen LogP contribution in [0.4, 0.5) is 14.5 Å². The van der Waals surface area contributed by atoms with Crippen molar-refractivity contribution in [2.45, 2.75) is 55.9 Å². The number of nitrogens with zero attached hydrogens (tertiary/aromatic N) is 3. The molecule has 51 heavy (non-hydrogen) atoms. The van der Waals surface area contributed by atoms with Gasteiger partial charge in [0.15, 0.2) is 0 Å². The van der Waals surface area contributed by atoms with Gasteiger partial charge in [-0.2, -0.15) is 8.78 Å². The molecule has 0 radical (unpaired) electrons. The third-order valence-corrected chi connectivity index (χ3v) is 10.6. The molecule has 2 saturated heterocycles. The van der Waals surface area contributed by atoms with Gasteiger partial charge in [-0.1, -0.05) is 54.6 Å². The molecule has 4 aromatic rings. The Morgan fingerprint density at radius 3 is 2.35 bits per heavy atom. The first kappa shape index (κ1) is 35.9. The molecule has 0 saturated carbocycles. The van der Waals surface area contributed by atoms with E-state index in [0.29, 0.717) is 37.9 Å². The minimum atomic E-state index is -5.83. The van der Waals surface area contributed by atoms with E-state index in [1.165, 1.54) is 17.0 Å². The van der Waals surface area contributed by atoms with Gasteiger partial charge < -0.3 is 34.8 Å². The molecule has 1 unspecified atom stereocenters. The van der Waals surface area contributed by atoms with E-state index in [1.54, 1.807) is 41.1 Å². The summed E-state index contributed by atoms with van der Waals surface area (Å²) in [4.78, 5) is 81.3. The van der Waals surface area contributed by atoms with Gasteiger partial charge in [0.05, 0.1) is 0 Å². The van der Waals surface area contributed by atoms with Gasteiger partial charge >= 0.3 is 13.3 Å². The van der Waals surface area contributed by atoms with E-state index in [0.717, 1.165) is 17.7 Å². The van der Waals surface area contributed by atoms with Crippen LogP contribution >= 0.6 is 7.60 Å². The molecule has 2 aliphatic rings. The summed E-state index contributed by atoms with van der Waals surface area (Å²) in [5, 5.41) is 2.81. The fraction of sp³-hybridized carbons (Fsp3) is 0.333. The topological polar surface area (TPSA) is 163 Å². The zero-order valence-electron chi connectivity index (χ0n) is 27.7. The minimum Gasteiger partial charge on any atom is -0.351 e. The maximum absolute atomic E-state index is 14.4. The first-order valence-electron chi connectivity index (χ1n) is 16.6. The van der Waals surface area contributed by atoms with Crippen LogP contribution < -0.4 is 10.2 Å². The fourth-order valence-electron chi connectivity index (χ4n) is 6.85. The molecule has 15 heteroatoms. The van der Waals surface area contributed by atoms with Gasteiger partial charge in [-0.3, -0.25) is 23.7 Å². The molecule has 0 spiro atoms. The van der Waals surface area contributed by atoms with Crippen molar-refractivity contribution >= 4 is 47.8 Å². The zero-order valence-corrected chi connectivity index (χ0v) is 28.6. The van der Waals surface area contributed by atoms with Gasteiger partial charge in [-0.15, -0.1) is 0 Å². The van der Waals surface area contributed by atoms with Crippen LogP contribution in [0.3, 0.4) is 0 Å². The maximum atomic E-state index is 14.4. The van der Waals surface area contributed by atoms with Gasteiger partial charge in [0.1, 0.15) is 17.8 Å². The van der Waals surface area contributed by atoms with Crippen molar-refractivity contribution in [1.82, 2.24) is 20.1 Å². The van der Waals surface area contributed by atoms with Gasteiger partial charge in [0.2, 0.25) is 17.7 Å². The normalized spacial score (nSPS) is 19.7. The second kappa shape index (κ2) is 14.4. The SMILES string of the molecule is CN(C(=O)[C@@H]1CC[C@@H]2CCN(C(=O)CCc3ccccc3)CC(NC(=O)c3cc4cc(C(F)(F)P(=O)(O)O)ccc4[nH]3)C(=O)N21)c1ccccc1. The van der Waals surface area contributed by atoms with E-state index in [2.05, 4.69) is 10.3 Å². The van der Waals surface area contributed by atoms with E-state index in [4.69, 9.17) is 0 Å². The van der Waals surface area contributed by atoms with Crippen LogP contribution in [0.15, 0.2) is 84.9 Å². The first-order chi connectivity index (χ1) is 24.2. The average molecular weight is 722 g/mol. The lowest BCUT2D eigenvalue weighted by Crippen LogP contribution is -2.61. The van der Waals surface area contributed by atoms with Crippen molar-refractivity contribution < 1.29 is 42.3 Å². The largest absolute Gasteiger partial charge is 0.399 e. The molecule has 3 heterocycles. The summed E-state index contributed by atoms with van der Waals surface area (Å²) >= 11 is 0. The number of carbonyl (C=O) groups excluding carboxylic acids is 4. The highest BCUT2D eigenvalue weighted by atomic mass is 31.2. The Hall–Kier alpha value is -4.91. The zero-order chi connectivity index (χ0) is 36.5. The summed E-state index contributed by atoms with van der Waals surface area (Å²) in [7, 11) is -4.18. The molecule has 12 nitrogen and oxygen atoms in total. The molecule has 2 aliphatic heterocycles. The van der Waals surface area contributed by atoms with Crippen LogP contribution in [0, 0.1) is 0 Å². The minimum absolute atomic E-state index is 0.0849. The second-order valence-electron chi connectivity index (χ2n) is 12.9. The molecule has 4 N–H and O–H groups in total. The van der Waals surface area contributed by atoms with Crippen LogP contribution in [-0.4, -0.2) is 86.5 Å². The lowest BCUT2D eigenvalue weighted by molar-refractivity contribution is -0.144. The third kappa shape index (κ3) is 7.44. The second-order valence-corrected chi connectivity index (χ2v) is 14.6. The number of likely N-dealkylation sites (N-methyl/N-ethyl adjacent to an activating group) is 1. The highest BCUT2D eigenvalue weighted by Crippen LogP contribution is 2.59. The summed E-state index contributed by atoms with van der Waals surface area (Å²) in [6.07, 6.45) is 2.04. The number of amides is 4. The number of alkyl halides is 2. The molecule has 3 aromatic carbocycles. The number of rotatable bonds is 9. The highest BCUT2D eigenvalue weighted by Gasteiger charge is 2.50. The number of fused-ring (bicyclic) bond motifs is 2. The Labute approximate surface area is 292 Å². The van der Waals surface area contributed by atoms with Gasteiger partial charge in [-0.05, 0) is 61.6 Å². The van der Waals surface area contributed by atoms with E-state index >= 15 is 0 Å². The summed E-state index contributed by atoms with van der Waals surface area (Å²) in [5.41, 5.74) is -3.60. The van der Waals surface area contributed by atoms with E-state index in [-0.39, 0.29) is 47.4 Å². The monoisotopic (exact) mass is 721 g/mol. The Morgan fingerprint density at radius 1 is 0.980 bits per heavy atom. The number of H-pyrrole nitrogens is 1. The van der Waals surface area contributed by atoms with E-state index in [1.807, 2.05) is 36.4 Å².